The van der Waals surface area contributed by atoms with Gasteiger partial charge in [0.1, 0.15) is 17.0 Å². The first kappa shape index (κ1) is 10.0. The second-order valence-corrected chi connectivity index (χ2v) is 4.38. The van der Waals surface area contributed by atoms with Crippen LogP contribution < -0.4 is 0 Å². The van der Waals surface area contributed by atoms with Crippen molar-refractivity contribution in [2.45, 2.75) is 0 Å². The zero-order chi connectivity index (χ0) is 11.8. The Kier molecular flexibility index (Phi) is 2.19. The lowest BCUT2D eigenvalue weighted by atomic mass is 10.0. The fourth-order valence-electron chi connectivity index (χ4n) is 1.81. The first-order valence-corrected chi connectivity index (χ1v) is 5.77. The Labute approximate surface area is 101 Å². The van der Waals surface area contributed by atoms with Gasteiger partial charge in [-0.25, -0.2) is 0 Å². The van der Waals surface area contributed by atoms with Crippen molar-refractivity contribution in [3.8, 4) is 22.6 Å². The fraction of sp³-hybridized carbons (Fsp3) is 0. The number of benzene rings is 2. The molecule has 1 heterocycles. The highest BCUT2D eigenvalue weighted by Gasteiger charge is 2.14. The van der Waals surface area contributed by atoms with Gasteiger partial charge in [-0.3, -0.25) is 0 Å². The molecule has 4 nitrogen and oxygen atoms in total. The van der Waals surface area contributed by atoms with Crippen molar-refractivity contribution in [3.05, 3.63) is 36.4 Å². The van der Waals surface area contributed by atoms with E-state index in [9.17, 15) is 10.2 Å². The van der Waals surface area contributed by atoms with E-state index in [1.807, 2.05) is 12.1 Å². The van der Waals surface area contributed by atoms with Crippen LogP contribution in [0, 0.1) is 0 Å². The molecule has 3 aromatic rings. The van der Waals surface area contributed by atoms with Crippen LogP contribution in [0.25, 0.3) is 21.3 Å². The molecule has 0 spiro atoms. The molecule has 0 aliphatic carbocycles. The van der Waals surface area contributed by atoms with E-state index in [0.29, 0.717) is 16.6 Å². The number of aromatic nitrogens is 2. The van der Waals surface area contributed by atoms with Crippen LogP contribution in [-0.4, -0.2) is 19.8 Å². The number of nitrogens with zero attached hydrogens (tertiary/aromatic N) is 2. The summed E-state index contributed by atoms with van der Waals surface area (Å²) in [5.41, 5.74) is 1.77. The van der Waals surface area contributed by atoms with E-state index in [2.05, 4.69) is 9.59 Å². The van der Waals surface area contributed by atoms with E-state index in [-0.39, 0.29) is 11.5 Å². The quantitative estimate of drug-likeness (QED) is 0.690. The Hall–Kier alpha value is -2.14. The Morgan fingerprint density at radius 1 is 0.941 bits per heavy atom. The van der Waals surface area contributed by atoms with E-state index in [1.54, 1.807) is 12.1 Å². The van der Waals surface area contributed by atoms with Gasteiger partial charge in [0.15, 0.2) is 0 Å². The fourth-order valence-corrected chi connectivity index (χ4v) is 2.40. The average Bonchev–Trinajstić information content (AvgIpc) is 2.77. The summed E-state index contributed by atoms with van der Waals surface area (Å²) >= 11 is 1.28. The van der Waals surface area contributed by atoms with Crippen LogP contribution in [0.1, 0.15) is 0 Å². The summed E-state index contributed by atoms with van der Waals surface area (Å²) in [4.78, 5) is 0. The minimum atomic E-state index is 0.0329. The molecule has 0 radical (unpaired) electrons. The van der Waals surface area contributed by atoms with E-state index in [0.717, 1.165) is 4.70 Å². The zero-order valence-corrected chi connectivity index (χ0v) is 9.48. The van der Waals surface area contributed by atoms with Crippen LogP contribution in [-0.2, 0) is 0 Å². The molecule has 0 aliphatic heterocycles. The summed E-state index contributed by atoms with van der Waals surface area (Å²) in [5, 5.41) is 23.7. The largest absolute Gasteiger partial charge is 0.507 e. The highest BCUT2D eigenvalue weighted by molar-refractivity contribution is 7.13. The standard InChI is InChI=1S/C12H8N2O2S/c15-8-4-2-5-9(16)11(8)7-3-1-6-10-12(7)13-14-17-10/h1-6,15-16H. The molecule has 3 rings (SSSR count). The Morgan fingerprint density at radius 2 is 1.65 bits per heavy atom. The topological polar surface area (TPSA) is 66.2 Å². The number of rotatable bonds is 1. The molecule has 17 heavy (non-hydrogen) atoms. The summed E-state index contributed by atoms with van der Waals surface area (Å²) in [6.45, 7) is 0. The lowest BCUT2D eigenvalue weighted by Gasteiger charge is -2.07. The zero-order valence-electron chi connectivity index (χ0n) is 8.66. The first-order chi connectivity index (χ1) is 8.27. The molecule has 0 atom stereocenters. The Morgan fingerprint density at radius 3 is 2.41 bits per heavy atom. The van der Waals surface area contributed by atoms with Gasteiger partial charge in [-0.15, -0.1) is 5.10 Å². The van der Waals surface area contributed by atoms with Gasteiger partial charge in [0.25, 0.3) is 0 Å². The molecule has 0 fully saturated rings. The van der Waals surface area contributed by atoms with Gasteiger partial charge in [-0.1, -0.05) is 22.7 Å². The van der Waals surface area contributed by atoms with Crippen molar-refractivity contribution < 1.29 is 10.2 Å². The van der Waals surface area contributed by atoms with Gasteiger partial charge in [0, 0.05) is 5.56 Å². The lowest BCUT2D eigenvalue weighted by molar-refractivity contribution is 0.454. The molecule has 0 unspecified atom stereocenters. The number of hydrogen-bond acceptors (Lipinski definition) is 5. The molecule has 0 aliphatic rings. The molecule has 0 saturated heterocycles. The minimum Gasteiger partial charge on any atom is -0.507 e. The molecule has 1 aromatic heterocycles. The van der Waals surface area contributed by atoms with Crippen LogP contribution in [0.2, 0.25) is 0 Å². The normalized spacial score (nSPS) is 10.8. The SMILES string of the molecule is Oc1cccc(O)c1-c1cccc2snnc12. The number of aromatic hydroxyl groups is 2. The summed E-state index contributed by atoms with van der Waals surface area (Å²) < 4.78 is 4.80. The van der Waals surface area contributed by atoms with Crippen molar-refractivity contribution in [2.75, 3.05) is 0 Å². The number of fused-ring (bicyclic) bond motifs is 1. The molecule has 0 saturated carbocycles. The van der Waals surface area contributed by atoms with Crippen LogP contribution in [0.15, 0.2) is 36.4 Å². The van der Waals surface area contributed by atoms with Crippen molar-refractivity contribution in [1.29, 1.82) is 0 Å². The maximum Gasteiger partial charge on any atom is 0.127 e. The third kappa shape index (κ3) is 1.52. The lowest BCUT2D eigenvalue weighted by Crippen LogP contribution is -1.83. The summed E-state index contributed by atoms with van der Waals surface area (Å²) in [6.07, 6.45) is 0. The van der Waals surface area contributed by atoms with Crippen LogP contribution >= 0.6 is 11.5 Å². The van der Waals surface area contributed by atoms with Crippen LogP contribution in [0.3, 0.4) is 0 Å². The monoisotopic (exact) mass is 244 g/mol. The Bertz CT molecular complexity index is 674. The summed E-state index contributed by atoms with van der Waals surface area (Å²) in [5.74, 6) is 0.0657. The maximum atomic E-state index is 9.84. The molecule has 2 aromatic carbocycles. The average molecular weight is 244 g/mol. The van der Waals surface area contributed by atoms with Crippen LogP contribution in [0.5, 0.6) is 11.5 Å². The van der Waals surface area contributed by atoms with Gasteiger partial charge in [0.2, 0.25) is 0 Å². The van der Waals surface area contributed by atoms with Gasteiger partial charge >= 0.3 is 0 Å². The second kappa shape index (κ2) is 3.71. The smallest absolute Gasteiger partial charge is 0.127 e. The molecular formula is C12H8N2O2S. The van der Waals surface area contributed by atoms with Crippen molar-refractivity contribution >= 4 is 21.7 Å². The van der Waals surface area contributed by atoms with Gasteiger partial charge < -0.3 is 10.2 Å². The van der Waals surface area contributed by atoms with Gasteiger partial charge in [0.05, 0.1) is 10.3 Å². The van der Waals surface area contributed by atoms with Crippen molar-refractivity contribution in [1.82, 2.24) is 9.59 Å². The highest BCUT2D eigenvalue weighted by Crippen LogP contribution is 2.40. The minimum absolute atomic E-state index is 0.0329. The first-order valence-electron chi connectivity index (χ1n) is 5.00. The molecular weight excluding hydrogens is 236 g/mol. The van der Waals surface area contributed by atoms with Crippen molar-refractivity contribution in [2.24, 2.45) is 0 Å². The molecule has 5 heteroatoms. The van der Waals surface area contributed by atoms with Crippen molar-refractivity contribution in [3.63, 3.8) is 0 Å². The Balaban J connectivity index is 2.38. The predicted molar refractivity (Wildman–Crippen MR) is 66.2 cm³/mol. The van der Waals surface area contributed by atoms with Gasteiger partial charge in [-0.2, -0.15) is 0 Å². The van der Waals surface area contributed by atoms with Crippen LogP contribution in [0.4, 0.5) is 0 Å². The number of phenolic OH excluding ortho intramolecular Hbond substituents is 2. The number of phenols is 2. The second-order valence-electron chi connectivity index (χ2n) is 3.60. The summed E-state index contributed by atoms with van der Waals surface area (Å²) in [6, 6.07) is 10.2. The molecule has 2 N–H and O–H groups in total. The molecule has 84 valence electrons. The van der Waals surface area contributed by atoms with E-state index >= 15 is 0 Å². The molecule has 0 amide bonds. The van der Waals surface area contributed by atoms with Gasteiger partial charge in [-0.05, 0) is 29.7 Å². The summed E-state index contributed by atoms with van der Waals surface area (Å²) in [7, 11) is 0. The third-order valence-corrected chi connectivity index (χ3v) is 3.26. The number of hydrogen-bond donors (Lipinski definition) is 2. The third-order valence-electron chi connectivity index (χ3n) is 2.57. The van der Waals surface area contributed by atoms with E-state index in [4.69, 9.17) is 0 Å². The predicted octanol–water partition coefficient (Wildman–Crippen LogP) is 2.77. The molecule has 0 bridgehead atoms. The van der Waals surface area contributed by atoms with E-state index < -0.39 is 0 Å². The highest BCUT2D eigenvalue weighted by atomic mass is 32.1. The van der Waals surface area contributed by atoms with E-state index in [1.165, 1.54) is 23.7 Å². The maximum absolute atomic E-state index is 9.84.